The maximum absolute atomic E-state index is 13.3. The minimum Gasteiger partial charge on any atom is -0.468 e. The lowest BCUT2D eigenvalue weighted by atomic mass is 10.1. The molecule has 0 spiro atoms. The van der Waals surface area contributed by atoms with E-state index in [1.165, 1.54) is 19.7 Å². The summed E-state index contributed by atoms with van der Waals surface area (Å²) < 4.78 is 10.6. The van der Waals surface area contributed by atoms with Gasteiger partial charge in [-0.25, -0.2) is 9.97 Å². The molecule has 3 aromatic rings. The van der Waals surface area contributed by atoms with Crippen LogP contribution in [0.3, 0.4) is 0 Å². The Labute approximate surface area is 243 Å². The number of morpholine rings is 1. The lowest BCUT2D eigenvalue weighted by Gasteiger charge is -2.29. The summed E-state index contributed by atoms with van der Waals surface area (Å²) in [6.07, 6.45) is 9.01. The van der Waals surface area contributed by atoms with Gasteiger partial charge >= 0.3 is 5.97 Å². The number of pyridine rings is 1. The number of carbonyl (C=O) groups excluding carboxylic acids is 2. The summed E-state index contributed by atoms with van der Waals surface area (Å²) >= 11 is 1.61. The van der Waals surface area contributed by atoms with Crippen LogP contribution in [-0.2, 0) is 14.3 Å². The van der Waals surface area contributed by atoms with Crippen molar-refractivity contribution in [1.82, 2.24) is 19.9 Å². The highest BCUT2D eigenvalue weighted by Crippen LogP contribution is 2.35. The van der Waals surface area contributed by atoms with Crippen molar-refractivity contribution in [3.05, 3.63) is 24.2 Å². The second kappa shape index (κ2) is 13.8. The number of aromatic nitrogens is 4. The van der Waals surface area contributed by atoms with Crippen LogP contribution < -0.4 is 25.8 Å². The molecule has 3 aliphatic heterocycles. The molecule has 0 radical (unpaired) electrons. The molecule has 1 amide bonds. The maximum atomic E-state index is 13.3. The Hall–Kier alpha value is -3.62. The first-order valence-corrected chi connectivity index (χ1v) is 14.9. The molecule has 0 unspecified atom stereocenters. The summed E-state index contributed by atoms with van der Waals surface area (Å²) in [5, 5.41) is 4.06. The summed E-state index contributed by atoms with van der Waals surface area (Å²) in [5.41, 5.74) is 6.56. The average Bonchev–Trinajstić information content (AvgIpc) is 3.72. The normalized spacial score (nSPS) is 17.3. The quantitative estimate of drug-likeness (QED) is 0.410. The highest BCUT2D eigenvalue weighted by Gasteiger charge is 2.23. The second-order valence-corrected chi connectivity index (χ2v) is 11.0. The fourth-order valence-corrected chi connectivity index (χ4v) is 6.00. The van der Waals surface area contributed by atoms with Crippen LogP contribution >= 0.6 is 11.3 Å². The number of hydrogen-bond acceptors (Lipinski definition) is 13. The summed E-state index contributed by atoms with van der Waals surface area (Å²) in [4.78, 5) is 48.5. The number of nitrogens with two attached hydrogens (primary N) is 1. The zero-order valence-corrected chi connectivity index (χ0v) is 24.2. The van der Waals surface area contributed by atoms with E-state index in [1.54, 1.807) is 17.5 Å². The first-order valence-electron chi connectivity index (χ1n) is 14.1. The third-order valence-corrected chi connectivity index (χ3v) is 8.27. The van der Waals surface area contributed by atoms with Gasteiger partial charge in [-0.05, 0) is 38.2 Å². The van der Waals surface area contributed by atoms with Gasteiger partial charge in [0.05, 0.1) is 49.6 Å². The van der Waals surface area contributed by atoms with E-state index in [2.05, 4.69) is 34.7 Å². The maximum Gasteiger partial charge on any atom is 0.319 e. The number of rotatable bonds is 6. The highest BCUT2D eigenvalue weighted by molar-refractivity contribution is 7.22. The summed E-state index contributed by atoms with van der Waals surface area (Å²) in [6.45, 7) is 6.80. The van der Waals surface area contributed by atoms with Crippen molar-refractivity contribution in [1.29, 1.82) is 0 Å². The molecule has 3 saturated heterocycles. The zero-order valence-electron chi connectivity index (χ0n) is 23.4. The van der Waals surface area contributed by atoms with Crippen molar-refractivity contribution in [2.24, 2.45) is 5.73 Å². The monoisotopic (exact) mass is 583 g/mol. The van der Waals surface area contributed by atoms with E-state index in [0.717, 1.165) is 92.1 Å². The van der Waals surface area contributed by atoms with E-state index < -0.39 is 0 Å². The van der Waals surface area contributed by atoms with Gasteiger partial charge in [-0.1, -0.05) is 11.3 Å². The van der Waals surface area contributed by atoms with E-state index in [0.29, 0.717) is 24.6 Å². The van der Waals surface area contributed by atoms with Crippen molar-refractivity contribution < 1.29 is 19.1 Å². The largest absolute Gasteiger partial charge is 0.468 e. The highest BCUT2D eigenvalue weighted by atomic mass is 32.1. The average molecular weight is 584 g/mol. The molecule has 13 nitrogen and oxygen atoms in total. The molecule has 6 rings (SSSR count). The molecule has 3 fully saturated rings. The SMILES string of the molecule is COC(=O)CN.O=C(Nc1cc2sc(N3CCOCC3)nc2nc1N1CCCCC1)c1cncc(N2CCCC2)n1. The molecule has 0 aromatic carbocycles. The standard InChI is InChI=1S/C24H30N8O2S.C3H7NO2/c33-23(18-15-25-16-20(26-18)30-6-4-5-7-30)27-17-14-19-21(28-22(17)31-8-2-1-3-9-31)29-24(35-19)32-10-12-34-13-11-32;1-6-3(5)2-4/h14-16H,1-13H2,(H,27,33);2,4H2,1H3. The molecule has 14 heteroatoms. The number of amides is 1. The lowest BCUT2D eigenvalue weighted by molar-refractivity contribution is -0.138. The lowest BCUT2D eigenvalue weighted by Crippen LogP contribution is -2.36. The molecule has 3 aliphatic rings. The van der Waals surface area contributed by atoms with E-state index in [4.69, 9.17) is 20.4 Å². The number of carbonyl (C=O) groups is 2. The van der Waals surface area contributed by atoms with Gasteiger partial charge in [0.2, 0.25) is 0 Å². The van der Waals surface area contributed by atoms with Gasteiger partial charge < -0.3 is 35.2 Å². The minimum absolute atomic E-state index is 0.0312. The van der Waals surface area contributed by atoms with Crippen LogP contribution in [-0.4, -0.2) is 97.9 Å². The van der Waals surface area contributed by atoms with Crippen LogP contribution in [0.4, 0.5) is 22.5 Å². The smallest absolute Gasteiger partial charge is 0.319 e. The van der Waals surface area contributed by atoms with E-state index in [1.807, 2.05) is 6.07 Å². The van der Waals surface area contributed by atoms with Gasteiger partial charge in [-0.3, -0.25) is 14.6 Å². The van der Waals surface area contributed by atoms with Gasteiger partial charge in [-0.2, -0.15) is 4.98 Å². The fourth-order valence-electron chi connectivity index (χ4n) is 5.00. The number of esters is 1. The van der Waals surface area contributed by atoms with Crippen molar-refractivity contribution >= 4 is 56.0 Å². The van der Waals surface area contributed by atoms with Crippen LogP contribution in [0.1, 0.15) is 42.6 Å². The third-order valence-electron chi connectivity index (χ3n) is 7.22. The molecule has 0 atom stereocenters. The number of nitrogens with zero attached hydrogens (tertiary/aromatic N) is 7. The van der Waals surface area contributed by atoms with E-state index >= 15 is 0 Å². The Bertz CT molecular complexity index is 1330. The van der Waals surface area contributed by atoms with E-state index in [-0.39, 0.29) is 18.4 Å². The van der Waals surface area contributed by atoms with Crippen molar-refractivity contribution in [2.75, 3.05) is 86.2 Å². The first kappa shape index (κ1) is 28.9. The number of thiazole rings is 1. The summed E-state index contributed by atoms with van der Waals surface area (Å²) in [7, 11) is 1.30. The van der Waals surface area contributed by atoms with Crippen molar-refractivity contribution in [3.63, 3.8) is 0 Å². The Balaban J connectivity index is 0.000000511. The fraction of sp³-hybridized carbons (Fsp3) is 0.556. The van der Waals surface area contributed by atoms with Crippen molar-refractivity contribution in [3.8, 4) is 0 Å². The number of fused-ring (bicyclic) bond motifs is 1. The van der Waals surface area contributed by atoms with Gasteiger partial charge in [-0.15, -0.1) is 0 Å². The van der Waals surface area contributed by atoms with Gasteiger partial charge in [0.25, 0.3) is 5.91 Å². The third kappa shape index (κ3) is 7.18. The summed E-state index contributed by atoms with van der Waals surface area (Å²) in [5.74, 6) is 0.900. The molecular formula is C27H37N9O4S. The van der Waals surface area contributed by atoms with E-state index in [9.17, 15) is 9.59 Å². The van der Waals surface area contributed by atoms with Gasteiger partial charge in [0, 0.05) is 39.3 Å². The number of anilines is 4. The van der Waals surface area contributed by atoms with Crippen molar-refractivity contribution in [2.45, 2.75) is 32.1 Å². The predicted molar refractivity (Wildman–Crippen MR) is 159 cm³/mol. The Morgan fingerprint density at radius 1 is 0.951 bits per heavy atom. The number of ether oxygens (including phenoxy) is 2. The molecule has 3 aromatic heterocycles. The Kier molecular flexibility index (Phi) is 9.75. The van der Waals surface area contributed by atoms with Gasteiger partial charge in [0.1, 0.15) is 11.5 Å². The van der Waals surface area contributed by atoms with Gasteiger partial charge in [0.15, 0.2) is 16.6 Å². The zero-order chi connectivity index (χ0) is 28.6. The molecule has 41 heavy (non-hydrogen) atoms. The Morgan fingerprint density at radius 3 is 2.34 bits per heavy atom. The minimum atomic E-state index is -0.380. The number of nitrogens with one attached hydrogen (secondary N) is 1. The number of methoxy groups -OCH3 is 1. The predicted octanol–water partition coefficient (Wildman–Crippen LogP) is 2.28. The second-order valence-electron chi connectivity index (χ2n) is 10.0. The number of piperidine rings is 1. The summed E-state index contributed by atoms with van der Waals surface area (Å²) in [6, 6.07) is 2.02. The topological polar surface area (TPSA) is 152 Å². The van der Waals surface area contributed by atoms with Crippen LogP contribution in [0.25, 0.3) is 10.3 Å². The molecule has 220 valence electrons. The molecule has 0 saturated carbocycles. The van der Waals surface area contributed by atoms with Crippen LogP contribution in [0.5, 0.6) is 0 Å². The molecular weight excluding hydrogens is 546 g/mol. The Morgan fingerprint density at radius 2 is 1.66 bits per heavy atom. The molecule has 0 bridgehead atoms. The molecule has 6 heterocycles. The van der Waals surface area contributed by atoms with Crippen LogP contribution in [0, 0.1) is 0 Å². The van der Waals surface area contributed by atoms with Crippen LogP contribution in [0.2, 0.25) is 0 Å². The molecule has 0 aliphatic carbocycles. The first-order chi connectivity index (χ1) is 20.1. The number of hydrogen-bond donors (Lipinski definition) is 2. The van der Waals surface area contributed by atoms with Crippen LogP contribution in [0.15, 0.2) is 18.5 Å². The molecule has 3 N–H and O–H groups in total.